The van der Waals surface area contributed by atoms with E-state index in [0.29, 0.717) is 11.1 Å². The van der Waals surface area contributed by atoms with Crippen molar-refractivity contribution in [3.05, 3.63) is 53.8 Å². The average molecular weight is 260 g/mol. The second kappa shape index (κ2) is 5.52. The van der Waals surface area contributed by atoms with Crippen molar-refractivity contribution in [2.24, 2.45) is 0 Å². The lowest BCUT2D eigenvalue weighted by Gasteiger charge is -2.07. The minimum absolute atomic E-state index is 0.0491. The van der Waals surface area contributed by atoms with E-state index in [4.69, 9.17) is 9.84 Å². The van der Waals surface area contributed by atoms with E-state index in [9.17, 15) is 9.18 Å². The SMILES string of the molecule is COc1ccc(-c2cccc(CC(=O)O)c2)cc1F. The van der Waals surface area contributed by atoms with Crippen LogP contribution in [0.2, 0.25) is 0 Å². The van der Waals surface area contributed by atoms with E-state index in [0.717, 1.165) is 5.56 Å². The first-order chi connectivity index (χ1) is 9.10. The normalized spacial score (nSPS) is 10.2. The van der Waals surface area contributed by atoms with Crippen LogP contribution in [0, 0.1) is 5.82 Å². The number of rotatable bonds is 4. The van der Waals surface area contributed by atoms with E-state index in [1.54, 1.807) is 30.3 Å². The summed E-state index contributed by atoms with van der Waals surface area (Å²) in [5.74, 6) is -1.15. The van der Waals surface area contributed by atoms with Crippen molar-refractivity contribution in [2.45, 2.75) is 6.42 Å². The van der Waals surface area contributed by atoms with Gasteiger partial charge in [0.25, 0.3) is 0 Å². The highest BCUT2D eigenvalue weighted by Crippen LogP contribution is 2.26. The van der Waals surface area contributed by atoms with Crippen LogP contribution >= 0.6 is 0 Å². The molecule has 0 aliphatic heterocycles. The van der Waals surface area contributed by atoms with Gasteiger partial charge in [-0.05, 0) is 28.8 Å². The van der Waals surface area contributed by atoms with Crippen molar-refractivity contribution >= 4 is 5.97 Å². The van der Waals surface area contributed by atoms with Crippen molar-refractivity contribution in [3.63, 3.8) is 0 Å². The number of carboxylic acid groups (broad SMARTS) is 1. The van der Waals surface area contributed by atoms with E-state index >= 15 is 0 Å². The molecule has 0 aliphatic carbocycles. The van der Waals surface area contributed by atoms with Crippen molar-refractivity contribution in [3.8, 4) is 16.9 Å². The highest BCUT2D eigenvalue weighted by atomic mass is 19.1. The lowest BCUT2D eigenvalue weighted by Crippen LogP contribution is -1.99. The molecule has 98 valence electrons. The van der Waals surface area contributed by atoms with Crippen molar-refractivity contribution in [1.82, 2.24) is 0 Å². The molecule has 0 heterocycles. The Morgan fingerprint density at radius 3 is 2.58 bits per heavy atom. The minimum atomic E-state index is -0.891. The molecule has 0 saturated carbocycles. The molecule has 0 amide bonds. The number of hydrogen-bond acceptors (Lipinski definition) is 2. The lowest BCUT2D eigenvalue weighted by molar-refractivity contribution is -0.136. The van der Waals surface area contributed by atoms with Gasteiger partial charge in [0.2, 0.25) is 0 Å². The Kier molecular flexibility index (Phi) is 3.80. The quantitative estimate of drug-likeness (QED) is 0.918. The van der Waals surface area contributed by atoms with Gasteiger partial charge < -0.3 is 9.84 Å². The smallest absolute Gasteiger partial charge is 0.307 e. The number of carbonyl (C=O) groups is 1. The third kappa shape index (κ3) is 3.10. The van der Waals surface area contributed by atoms with E-state index < -0.39 is 11.8 Å². The lowest BCUT2D eigenvalue weighted by atomic mass is 10.0. The molecule has 1 N–H and O–H groups in total. The first kappa shape index (κ1) is 13.1. The molecule has 0 atom stereocenters. The Morgan fingerprint density at radius 2 is 1.95 bits per heavy atom. The van der Waals surface area contributed by atoms with Crippen LogP contribution in [0.15, 0.2) is 42.5 Å². The highest BCUT2D eigenvalue weighted by Gasteiger charge is 2.07. The fourth-order valence-electron chi connectivity index (χ4n) is 1.88. The maximum absolute atomic E-state index is 13.6. The first-order valence-electron chi connectivity index (χ1n) is 5.75. The minimum Gasteiger partial charge on any atom is -0.494 e. The Morgan fingerprint density at radius 1 is 1.21 bits per heavy atom. The molecular weight excluding hydrogens is 247 g/mol. The van der Waals surface area contributed by atoms with Gasteiger partial charge in [-0.15, -0.1) is 0 Å². The maximum Gasteiger partial charge on any atom is 0.307 e. The Hall–Kier alpha value is -2.36. The van der Waals surface area contributed by atoms with Crippen LogP contribution in [0.1, 0.15) is 5.56 Å². The van der Waals surface area contributed by atoms with Crippen molar-refractivity contribution < 1.29 is 19.0 Å². The van der Waals surface area contributed by atoms with Gasteiger partial charge in [0.1, 0.15) is 0 Å². The Bertz CT molecular complexity index is 608. The third-order valence-corrected chi connectivity index (χ3v) is 2.77. The molecule has 0 radical (unpaired) electrons. The van der Waals surface area contributed by atoms with Crippen LogP contribution in [-0.2, 0) is 11.2 Å². The van der Waals surface area contributed by atoms with E-state index in [1.165, 1.54) is 13.2 Å². The number of benzene rings is 2. The number of methoxy groups -OCH3 is 1. The van der Waals surface area contributed by atoms with E-state index in [-0.39, 0.29) is 12.2 Å². The molecule has 4 heteroatoms. The predicted molar refractivity (Wildman–Crippen MR) is 69.7 cm³/mol. The maximum atomic E-state index is 13.6. The summed E-state index contributed by atoms with van der Waals surface area (Å²) in [6.45, 7) is 0. The highest BCUT2D eigenvalue weighted by molar-refractivity contribution is 5.72. The molecular formula is C15H13FO3. The molecule has 0 spiro atoms. The van der Waals surface area contributed by atoms with Crippen LogP contribution < -0.4 is 4.74 Å². The molecule has 3 nitrogen and oxygen atoms in total. The molecule has 0 bridgehead atoms. The molecule has 0 saturated heterocycles. The summed E-state index contributed by atoms with van der Waals surface area (Å²) in [5.41, 5.74) is 2.15. The van der Waals surface area contributed by atoms with Gasteiger partial charge in [0.05, 0.1) is 13.5 Å². The van der Waals surface area contributed by atoms with Crippen molar-refractivity contribution in [2.75, 3.05) is 7.11 Å². The van der Waals surface area contributed by atoms with Crippen molar-refractivity contribution in [1.29, 1.82) is 0 Å². The summed E-state index contributed by atoms with van der Waals surface area (Å²) < 4.78 is 18.5. The van der Waals surface area contributed by atoms with E-state index in [2.05, 4.69) is 0 Å². The summed E-state index contributed by atoms with van der Waals surface area (Å²) in [7, 11) is 1.41. The summed E-state index contributed by atoms with van der Waals surface area (Å²) in [4.78, 5) is 10.7. The molecule has 19 heavy (non-hydrogen) atoms. The van der Waals surface area contributed by atoms with Gasteiger partial charge in [-0.25, -0.2) is 4.39 Å². The monoisotopic (exact) mass is 260 g/mol. The molecule has 0 aliphatic rings. The largest absolute Gasteiger partial charge is 0.494 e. The molecule has 0 aromatic heterocycles. The fourth-order valence-corrected chi connectivity index (χ4v) is 1.88. The molecule has 2 aromatic carbocycles. The number of carboxylic acids is 1. The number of halogens is 1. The van der Waals surface area contributed by atoms with Gasteiger partial charge in [0.15, 0.2) is 11.6 Å². The predicted octanol–water partition coefficient (Wildman–Crippen LogP) is 3.13. The summed E-state index contributed by atoms with van der Waals surface area (Å²) >= 11 is 0. The van der Waals surface area contributed by atoms with Gasteiger partial charge in [-0.2, -0.15) is 0 Å². The molecule has 0 unspecified atom stereocenters. The van der Waals surface area contributed by atoms with Crippen LogP contribution in [0.5, 0.6) is 5.75 Å². The van der Waals surface area contributed by atoms with Crippen LogP contribution in [-0.4, -0.2) is 18.2 Å². The number of ether oxygens (including phenoxy) is 1. The standard InChI is InChI=1S/C15H13FO3/c1-19-14-6-5-12(9-13(14)16)11-4-2-3-10(7-11)8-15(17)18/h2-7,9H,8H2,1H3,(H,17,18). The van der Waals surface area contributed by atoms with Gasteiger partial charge in [0, 0.05) is 0 Å². The zero-order chi connectivity index (χ0) is 13.8. The van der Waals surface area contributed by atoms with E-state index in [1.807, 2.05) is 6.07 Å². The summed E-state index contributed by atoms with van der Waals surface area (Å²) in [6, 6.07) is 11.7. The first-order valence-corrected chi connectivity index (χ1v) is 5.75. The summed E-state index contributed by atoms with van der Waals surface area (Å²) in [5, 5.41) is 8.76. The number of aliphatic carboxylic acids is 1. The second-order valence-corrected chi connectivity index (χ2v) is 4.12. The van der Waals surface area contributed by atoms with Crippen LogP contribution in [0.25, 0.3) is 11.1 Å². The second-order valence-electron chi connectivity index (χ2n) is 4.12. The average Bonchev–Trinajstić information content (AvgIpc) is 2.38. The Labute approximate surface area is 110 Å². The zero-order valence-corrected chi connectivity index (χ0v) is 10.4. The fraction of sp³-hybridized carbons (Fsp3) is 0.133. The van der Waals surface area contributed by atoms with Gasteiger partial charge >= 0.3 is 5.97 Å². The zero-order valence-electron chi connectivity index (χ0n) is 10.4. The van der Waals surface area contributed by atoms with Crippen LogP contribution in [0.3, 0.4) is 0 Å². The topological polar surface area (TPSA) is 46.5 Å². The van der Waals surface area contributed by atoms with Crippen LogP contribution in [0.4, 0.5) is 4.39 Å². The summed E-state index contributed by atoms with van der Waals surface area (Å²) in [6.07, 6.45) is -0.0491. The molecule has 2 aromatic rings. The Balaban J connectivity index is 2.36. The van der Waals surface area contributed by atoms with Gasteiger partial charge in [-0.3, -0.25) is 4.79 Å². The number of hydrogen-bond donors (Lipinski definition) is 1. The molecule has 2 rings (SSSR count). The molecule has 0 fully saturated rings. The third-order valence-electron chi connectivity index (χ3n) is 2.77. The van der Waals surface area contributed by atoms with Gasteiger partial charge in [-0.1, -0.05) is 30.3 Å².